The molecule has 126 valence electrons. The van der Waals surface area contributed by atoms with Crippen LogP contribution in [0.4, 0.5) is 5.69 Å². The maximum absolute atomic E-state index is 12.6. The zero-order chi connectivity index (χ0) is 17.6. The summed E-state index contributed by atoms with van der Waals surface area (Å²) in [6, 6.07) is 12.8. The van der Waals surface area contributed by atoms with E-state index in [2.05, 4.69) is 15.3 Å². The number of hydrogen-bond acceptors (Lipinski definition) is 4. The molecular weight excluding hydrogens is 354 g/mol. The Morgan fingerprint density at radius 3 is 2.72 bits per heavy atom. The van der Waals surface area contributed by atoms with Gasteiger partial charge in [-0.1, -0.05) is 11.6 Å². The van der Waals surface area contributed by atoms with Crippen LogP contribution in [0.25, 0.3) is 0 Å². The van der Waals surface area contributed by atoms with Crippen molar-refractivity contribution in [1.29, 1.82) is 0 Å². The third-order valence-electron chi connectivity index (χ3n) is 3.56. The molecule has 0 saturated carbocycles. The van der Waals surface area contributed by atoms with E-state index in [9.17, 15) is 4.79 Å². The number of aromatic nitrogens is 2. The molecule has 0 saturated heterocycles. The number of amides is 1. The van der Waals surface area contributed by atoms with Gasteiger partial charge in [0.05, 0.1) is 5.56 Å². The lowest BCUT2D eigenvalue weighted by atomic mass is 10.2. The first-order chi connectivity index (χ1) is 12.1. The molecule has 1 amide bonds. The van der Waals surface area contributed by atoms with Crippen LogP contribution in [0.2, 0.25) is 5.02 Å². The first-order valence-corrected chi connectivity index (χ1v) is 9.04. The van der Waals surface area contributed by atoms with Crippen LogP contribution in [0.1, 0.15) is 21.5 Å². The highest BCUT2D eigenvalue weighted by molar-refractivity contribution is 7.98. The zero-order valence-electron chi connectivity index (χ0n) is 13.6. The van der Waals surface area contributed by atoms with E-state index in [-0.39, 0.29) is 5.91 Å². The van der Waals surface area contributed by atoms with E-state index < -0.39 is 0 Å². The fourth-order valence-corrected chi connectivity index (χ4v) is 3.30. The average molecular weight is 370 g/mol. The highest BCUT2D eigenvalue weighted by atomic mass is 35.5. The van der Waals surface area contributed by atoms with Crippen LogP contribution in [0.5, 0.6) is 0 Å². The lowest BCUT2D eigenvalue weighted by Gasteiger charge is -2.10. The van der Waals surface area contributed by atoms with Crippen LogP contribution in [0.15, 0.2) is 66.1 Å². The quantitative estimate of drug-likeness (QED) is 0.644. The van der Waals surface area contributed by atoms with Crippen molar-refractivity contribution in [3.8, 4) is 0 Å². The number of hydrogen-bond donors (Lipinski definition) is 1. The Kier molecular flexibility index (Phi) is 5.68. The first kappa shape index (κ1) is 17.5. The topological polar surface area (TPSA) is 54.9 Å². The van der Waals surface area contributed by atoms with Gasteiger partial charge in [0.25, 0.3) is 5.91 Å². The second-order valence-electron chi connectivity index (χ2n) is 5.42. The van der Waals surface area contributed by atoms with Gasteiger partial charge in [0.2, 0.25) is 0 Å². The predicted molar refractivity (Wildman–Crippen MR) is 102 cm³/mol. The number of thioether (sulfide) groups is 1. The highest BCUT2D eigenvalue weighted by Crippen LogP contribution is 2.25. The summed E-state index contributed by atoms with van der Waals surface area (Å²) in [4.78, 5) is 21.0. The molecule has 0 aliphatic rings. The smallest absolute Gasteiger partial charge is 0.258 e. The average Bonchev–Trinajstić information content (AvgIpc) is 2.64. The second kappa shape index (κ2) is 8.14. The van der Waals surface area contributed by atoms with Crippen molar-refractivity contribution in [2.24, 2.45) is 0 Å². The molecule has 1 aromatic carbocycles. The second-order valence-corrected chi connectivity index (χ2v) is 6.79. The minimum Gasteiger partial charge on any atom is -0.322 e. The summed E-state index contributed by atoms with van der Waals surface area (Å²) in [5.74, 6) is 0.534. The number of carbonyl (C=O) groups excluding carboxylic acids is 1. The molecule has 0 bridgehead atoms. The van der Waals surface area contributed by atoms with E-state index in [1.54, 1.807) is 42.9 Å². The van der Waals surface area contributed by atoms with Crippen molar-refractivity contribution in [2.45, 2.75) is 17.7 Å². The maximum Gasteiger partial charge on any atom is 0.258 e. The summed E-state index contributed by atoms with van der Waals surface area (Å²) in [5, 5.41) is 4.27. The Balaban J connectivity index is 1.75. The van der Waals surface area contributed by atoms with Crippen molar-refractivity contribution >= 4 is 35.0 Å². The Labute approximate surface area is 155 Å². The number of pyridine rings is 2. The van der Waals surface area contributed by atoms with Crippen LogP contribution in [0.3, 0.4) is 0 Å². The molecular formula is C19H16ClN3OS. The van der Waals surface area contributed by atoms with Crippen molar-refractivity contribution < 1.29 is 4.79 Å². The van der Waals surface area contributed by atoms with Gasteiger partial charge in [-0.15, -0.1) is 11.8 Å². The number of anilines is 1. The molecule has 0 radical (unpaired) electrons. The van der Waals surface area contributed by atoms with Crippen LogP contribution in [-0.4, -0.2) is 15.9 Å². The van der Waals surface area contributed by atoms with Gasteiger partial charge in [-0.2, -0.15) is 0 Å². The molecule has 0 spiro atoms. The zero-order valence-corrected chi connectivity index (χ0v) is 15.1. The fraction of sp³-hybridized carbons (Fsp3) is 0.105. The van der Waals surface area contributed by atoms with E-state index in [4.69, 9.17) is 11.6 Å². The van der Waals surface area contributed by atoms with Gasteiger partial charge in [0, 0.05) is 35.1 Å². The third kappa shape index (κ3) is 4.59. The Morgan fingerprint density at radius 2 is 1.96 bits per heavy atom. The minimum absolute atomic E-state index is 0.188. The number of aryl methyl sites for hydroxylation is 1. The molecule has 6 heteroatoms. The summed E-state index contributed by atoms with van der Waals surface area (Å²) < 4.78 is 0. The molecule has 0 atom stereocenters. The summed E-state index contributed by atoms with van der Waals surface area (Å²) >= 11 is 7.55. The number of benzene rings is 1. The molecule has 3 rings (SSSR count). The van der Waals surface area contributed by atoms with Crippen molar-refractivity contribution in [2.75, 3.05) is 5.32 Å². The van der Waals surface area contributed by atoms with Gasteiger partial charge in [-0.25, -0.2) is 4.98 Å². The lowest BCUT2D eigenvalue weighted by Crippen LogP contribution is -2.13. The summed E-state index contributed by atoms with van der Waals surface area (Å²) in [6.07, 6.45) is 5.20. The van der Waals surface area contributed by atoms with E-state index in [1.165, 1.54) is 11.8 Å². The van der Waals surface area contributed by atoms with E-state index >= 15 is 0 Å². The Hall–Kier alpha value is -2.37. The monoisotopic (exact) mass is 369 g/mol. The number of carbonyl (C=O) groups is 1. The van der Waals surface area contributed by atoms with E-state index in [1.807, 2.05) is 25.1 Å². The minimum atomic E-state index is -0.188. The van der Waals surface area contributed by atoms with Crippen molar-refractivity contribution in [1.82, 2.24) is 9.97 Å². The number of halogens is 1. The lowest BCUT2D eigenvalue weighted by molar-refractivity contribution is 0.102. The number of rotatable bonds is 5. The molecule has 0 fully saturated rings. The molecule has 25 heavy (non-hydrogen) atoms. The SMILES string of the molecule is Cc1cc(NC(=O)c2cccnc2SCc2ccncc2)ccc1Cl. The standard InChI is InChI=1S/C19H16ClN3OS/c1-13-11-15(4-5-17(13)20)23-18(24)16-3-2-8-22-19(16)25-12-14-6-9-21-10-7-14/h2-11H,12H2,1H3,(H,23,24). The van der Waals surface area contributed by atoms with Crippen LogP contribution >= 0.6 is 23.4 Å². The first-order valence-electron chi connectivity index (χ1n) is 7.68. The maximum atomic E-state index is 12.6. The molecule has 4 nitrogen and oxygen atoms in total. The molecule has 0 unspecified atom stereocenters. The molecule has 1 N–H and O–H groups in total. The van der Waals surface area contributed by atoms with E-state index in [0.29, 0.717) is 21.3 Å². The van der Waals surface area contributed by atoms with Gasteiger partial charge in [0.15, 0.2) is 0 Å². The number of nitrogens with zero attached hydrogens (tertiary/aromatic N) is 2. The fourth-order valence-electron chi connectivity index (χ4n) is 2.23. The molecule has 0 aliphatic heterocycles. The van der Waals surface area contributed by atoms with Crippen LogP contribution in [0, 0.1) is 6.92 Å². The molecule has 3 aromatic rings. The predicted octanol–water partition coefficient (Wildman–Crippen LogP) is 4.98. The van der Waals surface area contributed by atoms with Gasteiger partial charge in [0.1, 0.15) is 5.03 Å². The van der Waals surface area contributed by atoms with Gasteiger partial charge >= 0.3 is 0 Å². The third-order valence-corrected chi connectivity index (χ3v) is 5.06. The summed E-state index contributed by atoms with van der Waals surface area (Å²) in [5.41, 5.74) is 3.30. The Bertz CT molecular complexity index is 887. The van der Waals surface area contributed by atoms with Crippen LogP contribution in [-0.2, 0) is 5.75 Å². The summed E-state index contributed by atoms with van der Waals surface area (Å²) in [7, 11) is 0. The largest absolute Gasteiger partial charge is 0.322 e. The summed E-state index contributed by atoms with van der Waals surface area (Å²) in [6.45, 7) is 1.90. The van der Waals surface area contributed by atoms with E-state index in [0.717, 1.165) is 16.9 Å². The van der Waals surface area contributed by atoms with Gasteiger partial charge in [-0.05, 0) is 60.5 Å². The van der Waals surface area contributed by atoms with Gasteiger partial charge in [-0.3, -0.25) is 9.78 Å². The van der Waals surface area contributed by atoms with Crippen molar-refractivity contribution in [3.63, 3.8) is 0 Å². The van der Waals surface area contributed by atoms with Crippen molar-refractivity contribution in [3.05, 3.63) is 82.8 Å². The molecule has 2 heterocycles. The Morgan fingerprint density at radius 1 is 1.16 bits per heavy atom. The molecule has 0 aliphatic carbocycles. The normalized spacial score (nSPS) is 10.5. The number of nitrogens with one attached hydrogen (secondary N) is 1. The molecule has 2 aromatic heterocycles. The highest BCUT2D eigenvalue weighted by Gasteiger charge is 2.13. The van der Waals surface area contributed by atoms with Crippen LogP contribution < -0.4 is 5.32 Å². The van der Waals surface area contributed by atoms with Gasteiger partial charge < -0.3 is 5.32 Å².